The molecule has 0 aromatic carbocycles. The Morgan fingerprint density at radius 1 is 1.41 bits per heavy atom. The Kier molecular flexibility index (Phi) is 3.97. The summed E-state index contributed by atoms with van der Waals surface area (Å²) < 4.78 is 0. The molecule has 5 heteroatoms. The molecule has 3 nitrogen and oxygen atoms in total. The Labute approximate surface area is 109 Å². The minimum atomic E-state index is 0.614. The van der Waals surface area contributed by atoms with Crippen LogP contribution in [0.4, 0.5) is 0 Å². The van der Waals surface area contributed by atoms with Crippen molar-refractivity contribution in [1.82, 2.24) is 9.97 Å². The molecule has 0 fully saturated rings. The third-order valence-electron chi connectivity index (χ3n) is 2.60. The molecule has 0 aliphatic carbocycles. The van der Waals surface area contributed by atoms with Gasteiger partial charge in [-0.25, -0.2) is 9.97 Å². The molecule has 2 rings (SSSR count). The van der Waals surface area contributed by atoms with Gasteiger partial charge in [0.2, 0.25) is 0 Å². The lowest BCUT2D eigenvalue weighted by atomic mass is 10.2. The van der Waals surface area contributed by atoms with Crippen LogP contribution in [-0.2, 0) is 0 Å². The first-order valence-corrected chi connectivity index (χ1v) is 7.24. The fraction of sp³-hybridized carbons (Fsp3) is 0.417. The van der Waals surface area contributed by atoms with Crippen molar-refractivity contribution in [2.24, 2.45) is 0 Å². The minimum Gasteiger partial charge on any atom is -0.229 e. The van der Waals surface area contributed by atoms with Crippen molar-refractivity contribution < 1.29 is 0 Å². The van der Waals surface area contributed by atoms with Gasteiger partial charge in [-0.15, -0.1) is 23.1 Å². The van der Waals surface area contributed by atoms with Gasteiger partial charge in [-0.1, -0.05) is 0 Å². The molecule has 2 heterocycles. The predicted molar refractivity (Wildman–Crippen MR) is 72.5 cm³/mol. The summed E-state index contributed by atoms with van der Waals surface area (Å²) in [4.78, 5) is 11.0. The van der Waals surface area contributed by atoms with E-state index in [0.29, 0.717) is 6.42 Å². The Balaban J connectivity index is 2.25. The number of thioether (sulfide) groups is 1. The van der Waals surface area contributed by atoms with Gasteiger partial charge in [0.05, 0.1) is 6.07 Å². The summed E-state index contributed by atoms with van der Waals surface area (Å²) in [5.74, 6) is 0.938. The SMILES string of the molecule is Cc1sc2ncnc(SCCCC#N)c2c1C. The van der Waals surface area contributed by atoms with Gasteiger partial charge in [-0.2, -0.15) is 5.26 Å². The number of aromatic nitrogens is 2. The van der Waals surface area contributed by atoms with Crippen LogP contribution in [0.5, 0.6) is 0 Å². The number of unbranched alkanes of at least 4 members (excludes halogenated alkanes) is 1. The molecule has 17 heavy (non-hydrogen) atoms. The second-order valence-electron chi connectivity index (χ2n) is 3.75. The zero-order valence-corrected chi connectivity index (χ0v) is 11.5. The first-order valence-electron chi connectivity index (χ1n) is 5.44. The quantitative estimate of drug-likeness (QED) is 0.479. The summed E-state index contributed by atoms with van der Waals surface area (Å²) in [6.45, 7) is 4.24. The number of nitriles is 1. The number of rotatable bonds is 4. The van der Waals surface area contributed by atoms with Crippen molar-refractivity contribution in [3.8, 4) is 6.07 Å². The van der Waals surface area contributed by atoms with Gasteiger partial charge in [0.1, 0.15) is 16.2 Å². The number of thiophene rings is 1. The summed E-state index contributed by atoms with van der Waals surface area (Å²) in [5, 5.41) is 10.7. The molecule has 0 atom stereocenters. The van der Waals surface area contributed by atoms with Crippen LogP contribution < -0.4 is 0 Å². The molecule has 88 valence electrons. The number of hydrogen-bond acceptors (Lipinski definition) is 5. The van der Waals surface area contributed by atoms with Gasteiger partial charge in [-0.3, -0.25) is 0 Å². The minimum absolute atomic E-state index is 0.614. The fourth-order valence-corrected chi connectivity index (χ4v) is 3.64. The Morgan fingerprint density at radius 2 is 2.24 bits per heavy atom. The van der Waals surface area contributed by atoms with Gasteiger partial charge in [0, 0.05) is 22.4 Å². The first kappa shape index (κ1) is 12.3. The van der Waals surface area contributed by atoms with Gasteiger partial charge < -0.3 is 0 Å². The van der Waals surface area contributed by atoms with E-state index in [9.17, 15) is 0 Å². The molecule has 0 saturated carbocycles. The summed E-state index contributed by atoms with van der Waals surface area (Å²) in [7, 11) is 0. The summed E-state index contributed by atoms with van der Waals surface area (Å²) in [6, 6.07) is 2.16. The predicted octanol–water partition coefficient (Wildman–Crippen LogP) is 3.70. The number of nitrogens with zero attached hydrogens (tertiary/aromatic N) is 3. The van der Waals surface area contributed by atoms with Crippen LogP contribution in [0.15, 0.2) is 11.4 Å². The number of hydrogen-bond donors (Lipinski definition) is 0. The molecule has 0 N–H and O–H groups in total. The van der Waals surface area contributed by atoms with E-state index in [0.717, 1.165) is 22.0 Å². The van der Waals surface area contributed by atoms with Crippen LogP contribution in [0.25, 0.3) is 10.2 Å². The van der Waals surface area contributed by atoms with E-state index in [1.54, 1.807) is 29.4 Å². The second kappa shape index (κ2) is 5.48. The lowest BCUT2D eigenvalue weighted by Crippen LogP contribution is -1.87. The standard InChI is InChI=1S/C12H13N3S2/c1-8-9(2)17-12-10(8)11(14-7-15-12)16-6-4-3-5-13/h7H,3-4,6H2,1-2H3. The number of aryl methyl sites for hydroxylation is 2. The van der Waals surface area contributed by atoms with Crippen molar-refractivity contribution in [3.63, 3.8) is 0 Å². The molecule has 0 aliphatic heterocycles. The highest BCUT2D eigenvalue weighted by Gasteiger charge is 2.11. The van der Waals surface area contributed by atoms with E-state index in [2.05, 4.69) is 29.9 Å². The molecular weight excluding hydrogens is 250 g/mol. The van der Waals surface area contributed by atoms with Crippen molar-refractivity contribution in [2.45, 2.75) is 31.7 Å². The smallest absolute Gasteiger partial charge is 0.128 e. The highest BCUT2D eigenvalue weighted by atomic mass is 32.2. The third kappa shape index (κ3) is 2.59. The van der Waals surface area contributed by atoms with Crippen LogP contribution in [0.1, 0.15) is 23.3 Å². The maximum Gasteiger partial charge on any atom is 0.128 e. The lowest BCUT2D eigenvalue weighted by Gasteiger charge is -2.01. The summed E-state index contributed by atoms with van der Waals surface area (Å²) in [6.07, 6.45) is 3.15. The Hall–Kier alpha value is -1.12. The van der Waals surface area contributed by atoms with E-state index >= 15 is 0 Å². The van der Waals surface area contributed by atoms with E-state index in [-0.39, 0.29) is 0 Å². The van der Waals surface area contributed by atoms with Crippen LogP contribution in [0, 0.1) is 25.2 Å². The summed E-state index contributed by atoms with van der Waals surface area (Å²) in [5.41, 5.74) is 1.29. The van der Waals surface area contributed by atoms with E-state index in [4.69, 9.17) is 5.26 Å². The zero-order valence-electron chi connectivity index (χ0n) is 9.86. The van der Waals surface area contributed by atoms with Gasteiger partial charge >= 0.3 is 0 Å². The molecular formula is C12H13N3S2. The Bertz CT molecular complexity index is 569. The molecule has 0 bridgehead atoms. The van der Waals surface area contributed by atoms with Crippen molar-refractivity contribution in [2.75, 3.05) is 5.75 Å². The van der Waals surface area contributed by atoms with E-state index in [1.807, 2.05) is 0 Å². The molecule has 0 saturated heterocycles. The van der Waals surface area contributed by atoms with Crippen LogP contribution in [0.3, 0.4) is 0 Å². The molecule has 0 aliphatic rings. The first-order chi connectivity index (χ1) is 8.24. The molecule has 0 spiro atoms. The maximum absolute atomic E-state index is 8.50. The second-order valence-corrected chi connectivity index (χ2v) is 6.04. The normalized spacial score (nSPS) is 10.6. The lowest BCUT2D eigenvalue weighted by molar-refractivity contribution is 0.977. The number of fused-ring (bicyclic) bond motifs is 1. The molecule has 0 unspecified atom stereocenters. The third-order valence-corrected chi connectivity index (χ3v) is 4.79. The van der Waals surface area contributed by atoms with Crippen LogP contribution in [-0.4, -0.2) is 15.7 Å². The molecule has 0 amide bonds. The maximum atomic E-state index is 8.50. The van der Waals surface area contributed by atoms with Crippen molar-refractivity contribution >= 4 is 33.3 Å². The van der Waals surface area contributed by atoms with Gasteiger partial charge in [-0.05, 0) is 25.8 Å². The topological polar surface area (TPSA) is 49.6 Å². The average Bonchev–Trinajstić information content (AvgIpc) is 2.62. The van der Waals surface area contributed by atoms with Gasteiger partial charge in [0.25, 0.3) is 0 Å². The fourth-order valence-electron chi connectivity index (χ4n) is 1.58. The molecule has 2 aromatic rings. The van der Waals surface area contributed by atoms with Crippen LogP contribution in [0.2, 0.25) is 0 Å². The highest BCUT2D eigenvalue weighted by molar-refractivity contribution is 7.99. The molecule has 2 aromatic heterocycles. The van der Waals surface area contributed by atoms with E-state index < -0.39 is 0 Å². The monoisotopic (exact) mass is 263 g/mol. The van der Waals surface area contributed by atoms with Crippen LogP contribution >= 0.6 is 23.1 Å². The zero-order chi connectivity index (χ0) is 12.3. The average molecular weight is 263 g/mol. The van der Waals surface area contributed by atoms with E-state index in [1.165, 1.54) is 15.8 Å². The summed E-state index contributed by atoms with van der Waals surface area (Å²) >= 11 is 3.44. The largest absolute Gasteiger partial charge is 0.229 e. The van der Waals surface area contributed by atoms with Gasteiger partial charge in [0.15, 0.2) is 0 Å². The molecule has 0 radical (unpaired) electrons. The van der Waals surface area contributed by atoms with Crippen molar-refractivity contribution in [1.29, 1.82) is 5.26 Å². The Morgan fingerprint density at radius 3 is 3.00 bits per heavy atom. The highest BCUT2D eigenvalue weighted by Crippen LogP contribution is 2.34. The van der Waals surface area contributed by atoms with Crippen molar-refractivity contribution in [3.05, 3.63) is 16.8 Å².